The Hall–Kier alpha value is -1.77. The lowest BCUT2D eigenvalue weighted by Gasteiger charge is -2.56. The maximum absolute atomic E-state index is 12.4. The molecular weight excluding hydrogens is 351 g/mol. The van der Waals surface area contributed by atoms with Gasteiger partial charge in [-0.3, -0.25) is 0 Å². The van der Waals surface area contributed by atoms with Crippen molar-refractivity contribution in [2.75, 3.05) is 13.6 Å². The zero-order chi connectivity index (χ0) is 18.3. The minimum absolute atomic E-state index is 0.104. The second kappa shape index (κ2) is 5.15. The number of likely N-dealkylation sites (tertiary alicyclic amines) is 1. The summed E-state index contributed by atoms with van der Waals surface area (Å²) in [7, 11) is 2.09. The molecular formula is C18H18F3NO4. The molecule has 0 unspecified atom stereocenters. The average Bonchev–Trinajstić information content (AvgIpc) is 2.93. The Morgan fingerprint density at radius 2 is 2.12 bits per heavy atom. The lowest BCUT2D eigenvalue weighted by Crippen LogP contribution is -2.64. The van der Waals surface area contributed by atoms with Crippen molar-refractivity contribution in [2.24, 2.45) is 5.92 Å². The Kier molecular flexibility index (Phi) is 3.25. The van der Waals surface area contributed by atoms with Gasteiger partial charge in [0.2, 0.25) is 5.75 Å². The van der Waals surface area contributed by atoms with Gasteiger partial charge in [0.15, 0.2) is 5.75 Å². The van der Waals surface area contributed by atoms with Gasteiger partial charge in [-0.15, -0.1) is 13.2 Å². The van der Waals surface area contributed by atoms with Gasteiger partial charge in [0, 0.05) is 22.9 Å². The van der Waals surface area contributed by atoms with Crippen molar-refractivity contribution in [1.29, 1.82) is 0 Å². The van der Waals surface area contributed by atoms with E-state index in [4.69, 9.17) is 4.74 Å². The van der Waals surface area contributed by atoms with E-state index in [2.05, 4.69) is 21.7 Å². The molecule has 5 nitrogen and oxygen atoms in total. The van der Waals surface area contributed by atoms with Crippen molar-refractivity contribution in [3.63, 3.8) is 0 Å². The highest BCUT2D eigenvalue weighted by Crippen LogP contribution is 2.62. The second-order valence-corrected chi connectivity index (χ2v) is 7.52. The van der Waals surface area contributed by atoms with Crippen LogP contribution in [-0.2, 0) is 16.7 Å². The quantitative estimate of drug-likeness (QED) is 0.493. The third-order valence-corrected chi connectivity index (χ3v) is 6.36. The molecule has 1 saturated heterocycles. The summed E-state index contributed by atoms with van der Waals surface area (Å²) in [6.45, 7) is 0.838. The predicted octanol–water partition coefficient (Wildman–Crippen LogP) is 2.32. The minimum Gasteiger partial charge on any atom is -0.482 e. The predicted molar refractivity (Wildman–Crippen MR) is 83.7 cm³/mol. The highest BCUT2D eigenvalue weighted by atomic mass is 19.4. The van der Waals surface area contributed by atoms with E-state index in [-0.39, 0.29) is 23.5 Å². The van der Waals surface area contributed by atoms with Crippen molar-refractivity contribution in [3.8, 4) is 11.5 Å². The number of rotatable bonds is 2. The van der Waals surface area contributed by atoms with Crippen LogP contribution < -0.4 is 9.62 Å². The van der Waals surface area contributed by atoms with E-state index in [0.29, 0.717) is 0 Å². The standard InChI is InChI=1S/C18H18F3NO4/c1-22-7-6-17-10-3-4-12(23)16(17)24-15-13(25-26-18(19,20)21)5-2-9(14(15)17)8-11(10)22/h2-5,10-12,16,23H,6-8H2,1H3/t10-,11+,12-,16-,17-/m0/s1. The first kappa shape index (κ1) is 16.4. The van der Waals surface area contributed by atoms with Crippen LogP contribution in [-0.4, -0.2) is 48.2 Å². The third-order valence-electron chi connectivity index (χ3n) is 6.36. The van der Waals surface area contributed by atoms with E-state index >= 15 is 0 Å². The molecule has 1 aromatic rings. The molecule has 5 rings (SSSR count). The highest BCUT2D eigenvalue weighted by Gasteiger charge is 2.64. The molecule has 2 bridgehead atoms. The van der Waals surface area contributed by atoms with Gasteiger partial charge in [0.05, 0.1) is 0 Å². The van der Waals surface area contributed by atoms with E-state index < -0.39 is 24.0 Å². The van der Waals surface area contributed by atoms with E-state index in [1.165, 1.54) is 6.07 Å². The Labute approximate surface area is 147 Å². The molecule has 4 aliphatic rings. The number of likely N-dealkylation sites (N-methyl/N-ethyl adjacent to an activating group) is 1. The summed E-state index contributed by atoms with van der Waals surface area (Å²) in [4.78, 5) is 10.4. The maximum Gasteiger partial charge on any atom is 0.558 e. The molecule has 1 aromatic carbocycles. The summed E-state index contributed by atoms with van der Waals surface area (Å²) in [6.07, 6.45) is -0.924. The van der Waals surface area contributed by atoms with Gasteiger partial charge in [0.1, 0.15) is 12.2 Å². The largest absolute Gasteiger partial charge is 0.558 e. The molecule has 1 N–H and O–H groups in total. The summed E-state index contributed by atoms with van der Waals surface area (Å²) >= 11 is 0. The number of halogens is 3. The van der Waals surface area contributed by atoms with Crippen LogP contribution in [0.3, 0.4) is 0 Å². The van der Waals surface area contributed by atoms with Gasteiger partial charge >= 0.3 is 6.36 Å². The van der Waals surface area contributed by atoms with Gasteiger partial charge < -0.3 is 19.6 Å². The molecule has 0 radical (unpaired) electrons. The maximum atomic E-state index is 12.4. The van der Waals surface area contributed by atoms with Gasteiger partial charge in [-0.05, 0) is 38.1 Å². The van der Waals surface area contributed by atoms with Gasteiger partial charge in [0.25, 0.3) is 0 Å². The Balaban J connectivity index is 1.65. The third kappa shape index (κ3) is 2.03. The number of aliphatic hydroxyl groups is 1. The van der Waals surface area contributed by atoms with E-state index in [0.717, 1.165) is 30.5 Å². The molecule has 140 valence electrons. The van der Waals surface area contributed by atoms with Gasteiger partial charge in [-0.25, -0.2) is 0 Å². The number of hydrogen-bond donors (Lipinski definition) is 1. The molecule has 0 amide bonds. The summed E-state index contributed by atoms with van der Waals surface area (Å²) in [5.41, 5.74) is 1.48. The van der Waals surface area contributed by atoms with Crippen LogP contribution in [0.25, 0.3) is 0 Å². The van der Waals surface area contributed by atoms with E-state index in [9.17, 15) is 18.3 Å². The Bertz CT molecular complexity index is 795. The molecule has 0 saturated carbocycles. The van der Waals surface area contributed by atoms with Crippen LogP contribution in [0.1, 0.15) is 17.5 Å². The fourth-order valence-electron chi connectivity index (χ4n) is 5.39. The summed E-state index contributed by atoms with van der Waals surface area (Å²) in [5.74, 6) is 0.308. The zero-order valence-corrected chi connectivity index (χ0v) is 14.0. The minimum atomic E-state index is -4.91. The van der Waals surface area contributed by atoms with Crippen molar-refractivity contribution in [3.05, 3.63) is 35.4 Å². The summed E-state index contributed by atoms with van der Waals surface area (Å²) in [6, 6.07) is 3.51. The molecule has 2 aliphatic carbocycles. The zero-order valence-electron chi connectivity index (χ0n) is 14.0. The summed E-state index contributed by atoms with van der Waals surface area (Å²) in [5, 5.41) is 10.5. The lowest BCUT2D eigenvalue weighted by molar-refractivity contribution is -0.445. The number of hydrogen-bond acceptors (Lipinski definition) is 5. The van der Waals surface area contributed by atoms with Crippen molar-refractivity contribution in [2.45, 2.75) is 42.9 Å². The first-order valence-electron chi connectivity index (χ1n) is 8.63. The molecule has 1 fully saturated rings. The fraction of sp³-hybridized carbons (Fsp3) is 0.556. The Morgan fingerprint density at radius 3 is 2.88 bits per heavy atom. The van der Waals surface area contributed by atoms with Gasteiger partial charge in [-0.2, -0.15) is 0 Å². The van der Waals surface area contributed by atoms with E-state index in [1.54, 1.807) is 12.1 Å². The second-order valence-electron chi connectivity index (χ2n) is 7.52. The molecule has 26 heavy (non-hydrogen) atoms. The number of aliphatic hydroxyl groups excluding tert-OH is 1. The normalized spacial score (nSPS) is 37.3. The van der Waals surface area contributed by atoms with E-state index in [1.807, 2.05) is 6.08 Å². The lowest BCUT2D eigenvalue weighted by atomic mass is 9.53. The number of ether oxygens (including phenoxy) is 1. The highest BCUT2D eigenvalue weighted by molar-refractivity contribution is 5.62. The smallest absolute Gasteiger partial charge is 0.482 e. The topological polar surface area (TPSA) is 51.2 Å². The van der Waals surface area contributed by atoms with Crippen LogP contribution in [0.4, 0.5) is 13.2 Å². The molecule has 2 heterocycles. The first-order chi connectivity index (χ1) is 12.3. The molecule has 8 heteroatoms. The van der Waals surface area contributed by atoms with Crippen LogP contribution >= 0.6 is 0 Å². The number of alkyl halides is 3. The number of nitrogens with zero attached hydrogens (tertiary/aromatic N) is 1. The first-order valence-corrected chi connectivity index (χ1v) is 8.63. The van der Waals surface area contributed by atoms with Crippen molar-refractivity contribution >= 4 is 0 Å². The number of piperidine rings is 1. The summed E-state index contributed by atoms with van der Waals surface area (Å²) < 4.78 is 43.2. The van der Waals surface area contributed by atoms with Gasteiger partial charge in [-0.1, -0.05) is 23.1 Å². The Morgan fingerprint density at radius 1 is 1.31 bits per heavy atom. The molecule has 5 atom stereocenters. The van der Waals surface area contributed by atoms with Crippen LogP contribution in [0, 0.1) is 5.92 Å². The number of benzene rings is 1. The fourth-order valence-corrected chi connectivity index (χ4v) is 5.39. The van der Waals surface area contributed by atoms with Crippen molar-refractivity contribution < 1.29 is 32.8 Å². The SMILES string of the molecule is CN1CC[C@]23c4c5ccc(OOC(F)(F)F)c4O[C@H]2[C@@H](O)C=C[C@H]3[C@H]1C5. The van der Waals surface area contributed by atoms with Crippen LogP contribution in [0.15, 0.2) is 24.3 Å². The monoisotopic (exact) mass is 369 g/mol. The van der Waals surface area contributed by atoms with Crippen LogP contribution in [0.2, 0.25) is 0 Å². The van der Waals surface area contributed by atoms with Crippen molar-refractivity contribution in [1.82, 2.24) is 4.90 Å². The molecule has 1 spiro atoms. The average molecular weight is 369 g/mol. The van der Waals surface area contributed by atoms with Crippen LogP contribution in [0.5, 0.6) is 11.5 Å². The molecule has 0 aromatic heterocycles. The molecule has 2 aliphatic heterocycles.